The number of oxazole rings is 1. The number of alkyl halides is 3. The Kier molecular flexibility index (Phi) is 6.91. The van der Waals surface area contributed by atoms with Crippen LogP contribution in [-0.4, -0.2) is 34.7 Å². The van der Waals surface area contributed by atoms with Crippen LogP contribution in [0.4, 0.5) is 17.6 Å². The van der Waals surface area contributed by atoms with Crippen LogP contribution < -0.4 is 15.8 Å². The summed E-state index contributed by atoms with van der Waals surface area (Å²) in [5, 5.41) is 12.3. The Morgan fingerprint density at radius 2 is 1.97 bits per heavy atom. The lowest BCUT2D eigenvalue weighted by Gasteiger charge is -2.11. The van der Waals surface area contributed by atoms with E-state index in [0.717, 1.165) is 6.07 Å². The lowest BCUT2D eigenvalue weighted by Crippen LogP contribution is -2.26. The summed E-state index contributed by atoms with van der Waals surface area (Å²) in [4.78, 5) is 20.8. The van der Waals surface area contributed by atoms with Crippen LogP contribution in [0.2, 0.25) is 0 Å². The molecule has 0 bridgehead atoms. The van der Waals surface area contributed by atoms with Crippen LogP contribution in [-0.2, 0) is 12.7 Å². The van der Waals surface area contributed by atoms with Gasteiger partial charge in [-0.2, -0.15) is 13.2 Å². The third kappa shape index (κ3) is 4.99. The molecule has 0 unspecified atom stereocenters. The summed E-state index contributed by atoms with van der Waals surface area (Å²) in [5.41, 5.74) is 5.19. The van der Waals surface area contributed by atoms with Gasteiger partial charge in [-0.1, -0.05) is 12.1 Å². The van der Waals surface area contributed by atoms with Crippen molar-refractivity contribution in [2.24, 2.45) is 5.73 Å². The van der Waals surface area contributed by atoms with Crippen molar-refractivity contribution in [3.8, 4) is 17.2 Å². The number of fused-ring (bicyclic) bond motifs is 1. The van der Waals surface area contributed by atoms with Gasteiger partial charge in [0, 0.05) is 17.5 Å². The first-order valence-electron chi connectivity index (χ1n) is 10.6. The zero-order valence-corrected chi connectivity index (χ0v) is 18.8. The number of carbonyl (C=O) groups is 1. The third-order valence-corrected chi connectivity index (χ3v) is 5.30. The fourth-order valence-electron chi connectivity index (χ4n) is 3.56. The SMILES string of the molecule is COc1ccc(-c2nc(C(=O)NCc3cccc(F)c3)c([C@@H](N)CO)o2)c2ccc(C(F)(F)F)nc12. The molecule has 188 valence electrons. The smallest absolute Gasteiger partial charge is 0.433 e. The van der Waals surface area contributed by atoms with E-state index in [2.05, 4.69) is 15.3 Å². The van der Waals surface area contributed by atoms with Crippen LogP contribution in [0.5, 0.6) is 5.75 Å². The Hall–Kier alpha value is -4.03. The first-order valence-corrected chi connectivity index (χ1v) is 10.6. The highest BCUT2D eigenvalue weighted by molar-refractivity contribution is 5.98. The second-order valence-corrected chi connectivity index (χ2v) is 7.74. The number of rotatable bonds is 7. The minimum absolute atomic E-state index is 0.0256. The number of aliphatic hydroxyl groups is 1. The zero-order chi connectivity index (χ0) is 26.0. The number of methoxy groups -OCH3 is 1. The summed E-state index contributed by atoms with van der Waals surface area (Å²) < 4.78 is 64.0. The maximum Gasteiger partial charge on any atom is 0.433 e. The molecule has 0 aliphatic carbocycles. The fraction of sp³-hybridized carbons (Fsp3) is 0.208. The van der Waals surface area contributed by atoms with Crippen molar-refractivity contribution in [1.29, 1.82) is 0 Å². The number of benzene rings is 2. The summed E-state index contributed by atoms with van der Waals surface area (Å²) in [6.45, 7) is -0.596. The van der Waals surface area contributed by atoms with Crippen LogP contribution in [0.25, 0.3) is 22.4 Å². The van der Waals surface area contributed by atoms with Gasteiger partial charge in [0.1, 0.15) is 22.8 Å². The van der Waals surface area contributed by atoms with Gasteiger partial charge in [0.05, 0.1) is 19.8 Å². The number of nitrogens with one attached hydrogen (secondary N) is 1. The van der Waals surface area contributed by atoms with Crippen LogP contribution in [0.3, 0.4) is 0 Å². The van der Waals surface area contributed by atoms with E-state index in [1.807, 2.05) is 0 Å². The second kappa shape index (κ2) is 9.91. The molecule has 8 nitrogen and oxygen atoms in total. The van der Waals surface area contributed by atoms with Gasteiger partial charge in [-0.25, -0.2) is 14.4 Å². The van der Waals surface area contributed by atoms with Crippen LogP contribution in [0, 0.1) is 5.82 Å². The summed E-state index contributed by atoms with van der Waals surface area (Å²) >= 11 is 0. The molecule has 1 atom stereocenters. The number of aliphatic hydroxyl groups excluding tert-OH is 1. The molecule has 2 heterocycles. The van der Waals surface area contributed by atoms with E-state index in [9.17, 15) is 27.5 Å². The lowest BCUT2D eigenvalue weighted by atomic mass is 10.1. The minimum atomic E-state index is -4.67. The highest BCUT2D eigenvalue weighted by Gasteiger charge is 2.33. The number of hydrogen-bond donors (Lipinski definition) is 3. The van der Waals surface area contributed by atoms with Crippen molar-refractivity contribution in [2.45, 2.75) is 18.8 Å². The Balaban J connectivity index is 1.76. The molecule has 1 amide bonds. The largest absolute Gasteiger partial charge is 0.494 e. The van der Waals surface area contributed by atoms with Crippen LogP contribution in [0.1, 0.15) is 33.5 Å². The Labute approximate surface area is 201 Å². The molecule has 0 aliphatic rings. The molecule has 4 N–H and O–H groups in total. The van der Waals surface area contributed by atoms with Gasteiger partial charge < -0.3 is 25.3 Å². The summed E-state index contributed by atoms with van der Waals surface area (Å²) in [6.07, 6.45) is -4.67. The molecular formula is C24H20F4N4O4. The molecule has 0 radical (unpaired) electrons. The monoisotopic (exact) mass is 504 g/mol. The number of aromatic nitrogens is 2. The van der Waals surface area contributed by atoms with Gasteiger partial charge in [0.15, 0.2) is 11.5 Å². The van der Waals surface area contributed by atoms with Gasteiger partial charge in [-0.3, -0.25) is 4.79 Å². The van der Waals surface area contributed by atoms with Gasteiger partial charge in [0.2, 0.25) is 5.89 Å². The molecule has 4 rings (SSSR count). The Bertz CT molecular complexity index is 1420. The summed E-state index contributed by atoms with van der Waals surface area (Å²) in [5.74, 6) is -1.34. The zero-order valence-electron chi connectivity index (χ0n) is 18.8. The van der Waals surface area contributed by atoms with Gasteiger partial charge in [-0.05, 0) is 42.0 Å². The summed E-state index contributed by atoms with van der Waals surface area (Å²) in [7, 11) is 1.29. The maximum absolute atomic E-state index is 13.4. The standard InChI is InChI=1S/C24H20F4N4O4/c1-35-17-7-5-15(14-6-8-18(24(26,27)28)31-19(14)17)23-32-20(21(36-23)16(29)11-33)22(34)30-10-12-3-2-4-13(25)9-12/h2-9,16,33H,10-11,29H2,1H3,(H,30,34)/t16-/m0/s1. The highest BCUT2D eigenvalue weighted by Crippen LogP contribution is 2.37. The number of nitrogens with zero attached hydrogens (tertiary/aromatic N) is 2. The average molecular weight is 504 g/mol. The van der Waals surface area contributed by atoms with Crippen molar-refractivity contribution in [2.75, 3.05) is 13.7 Å². The lowest BCUT2D eigenvalue weighted by molar-refractivity contribution is -0.140. The van der Waals surface area contributed by atoms with E-state index in [4.69, 9.17) is 14.9 Å². The van der Waals surface area contributed by atoms with E-state index >= 15 is 0 Å². The second-order valence-electron chi connectivity index (χ2n) is 7.74. The molecule has 2 aromatic heterocycles. The van der Waals surface area contributed by atoms with Crippen LogP contribution in [0.15, 0.2) is 52.9 Å². The molecule has 0 saturated heterocycles. The minimum Gasteiger partial charge on any atom is -0.494 e. The number of nitrogens with two attached hydrogens (primary N) is 1. The molecular weight excluding hydrogens is 484 g/mol. The van der Waals surface area contributed by atoms with Crippen molar-refractivity contribution < 1.29 is 36.6 Å². The molecule has 0 spiro atoms. The van der Waals surface area contributed by atoms with E-state index in [0.29, 0.717) is 5.56 Å². The number of amides is 1. The maximum atomic E-state index is 13.4. The predicted octanol–water partition coefficient (Wildman–Crippen LogP) is 3.98. The number of hydrogen-bond acceptors (Lipinski definition) is 7. The average Bonchev–Trinajstić information content (AvgIpc) is 3.30. The predicted molar refractivity (Wildman–Crippen MR) is 120 cm³/mol. The normalized spacial score (nSPS) is 12.5. The van der Waals surface area contributed by atoms with Crippen molar-refractivity contribution >= 4 is 16.8 Å². The van der Waals surface area contributed by atoms with Gasteiger partial charge >= 0.3 is 6.18 Å². The van der Waals surface area contributed by atoms with Gasteiger partial charge in [0.25, 0.3) is 5.91 Å². The Morgan fingerprint density at radius 1 is 1.19 bits per heavy atom. The van der Waals surface area contributed by atoms with Gasteiger partial charge in [-0.15, -0.1) is 0 Å². The molecule has 4 aromatic rings. The number of carbonyl (C=O) groups excluding carboxylic acids is 1. The summed E-state index contributed by atoms with van der Waals surface area (Å²) in [6, 6.07) is 9.40. The first-order chi connectivity index (χ1) is 17.1. The Morgan fingerprint density at radius 3 is 2.64 bits per heavy atom. The van der Waals surface area contributed by atoms with Crippen molar-refractivity contribution in [3.05, 3.63) is 77.1 Å². The van der Waals surface area contributed by atoms with E-state index in [-0.39, 0.29) is 46.1 Å². The topological polar surface area (TPSA) is 124 Å². The number of ether oxygens (including phenoxy) is 1. The first kappa shape index (κ1) is 25.1. The van der Waals surface area contributed by atoms with Crippen LogP contribution >= 0.6 is 0 Å². The molecule has 0 fully saturated rings. The molecule has 36 heavy (non-hydrogen) atoms. The van der Waals surface area contributed by atoms with E-state index in [1.165, 1.54) is 43.5 Å². The van der Waals surface area contributed by atoms with E-state index < -0.39 is 36.2 Å². The highest BCUT2D eigenvalue weighted by atomic mass is 19.4. The molecule has 0 saturated carbocycles. The number of pyridine rings is 1. The van der Waals surface area contributed by atoms with Crippen molar-refractivity contribution in [1.82, 2.24) is 15.3 Å². The van der Waals surface area contributed by atoms with E-state index in [1.54, 1.807) is 6.07 Å². The van der Waals surface area contributed by atoms with Crippen molar-refractivity contribution in [3.63, 3.8) is 0 Å². The number of halogens is 4. The molecule has 12 heteroatoms. The molecule has 2 aromatic carbocycles. The fourth-order valence-corrected chi connectivity index (χ4v) is 3.56. The molecule has 0 aliphatic heterocycles. The quantitative estimate of drug-likeness (QED) is 0.325. The third-order valence-electron chi connectivity index (χ3n) is 5.30.